The molecule has 0 spiro atoms. The summed E-state index contributed by atoms with van der Waals surface area (Å²) < 4.78 is 10.2. The number of ether oxygens (including phenoxy) is 2. The summed E-state index contributed by atoms with van der Waals surface area (Å²) in [5, 5.41) is 0. The Hall–Kier alpha value is -1.39. The Morgan fingerprint density at radius 2 is 1.89 bits per heavy atom. The maximum atomic E-state index is 5.88. The zero-order chi connectivity index (χ0) is 13.1. The normalized spacial score (nSPS) is 11.7. The molecule has 0 saturated heterocycles. The van der Waals surface area contributed by atoms with E-state index in [-0.39, 0.29) is 0 Å². The SMILES string of the molecule is COCCOCCCCN=C(N)c1ccccc1. The third kappa shape index (κ3) is 6.37. The van der Waals surface area contributed by atoms with Crippen molar-refractivity contribution in [2.45, 2.75) is 12.8 Å². The second-order valence-corrected chi connectivity index (χ2v) is 3.95. The van der Waals surface area contributed by atoms with Gasteiger partial charge in [0.2, 0.25) is 0 Å². The van der Waals surface area contributed by atoms with Crippen LogP contribution in [0.4, 0.5) is 0 Å². The fourth-order valence-corrected chi connectivity index (χ4v) is 1.46. The number of methoxy groups -OCH3 is 1. The van der Waals surface area contributed by atoms with Gasteiger partial charge >= 0.3 is 0 Å². The van der Waals surface area contributed by atoms with Gasteiger partial charge in [0.25, 0.3) is 0 Å². The molecule has 0 aromatic heterocycles. The maximum Gasteiger partial charge on any atom is 0.125 e. The molecule has 0 unspecified atom stereocenters. The molecular formula is C14H22N2O2. The van der Waals surface area contributed by atoms with Crippen LogP contribution in [0.2, 0.25) is 0 Å². The molecule has 0 amide bonds. The summed E-state index contributed by atoms with van der Waals surface area (Å²) in [6, 6.07) is 9.82. The zero-order valence-corrected chi connectivity index (χ0v) is 11.0. The van der Waals surface area contributed by atoms with Crippen molar-refractivity contribution < 1.29 is 9.47 Å². The van der Waals surface area contributed by atoms with E-state index < -0.39 is 0 Å². The topological polar surface area (TPSA) is 56.8 Å². The first kappa shape index (κ1) is 14.7. The van der Waals surface area contributed by atoms with Crippen molar-refractivity contribution in [2.24, 2.45) is 10.7 Å². The fraction of sp³-hybridized carbons (Fsp3) is 0.500. The van der Waals surface area contributed by atoms with Gasteiger partial charge in [-0.3, -0.25) is 4.99 Å². The molecule has 0 aliphatic carbocycles. The highest BCUT2D eigenvalue weighted by atomic mass is 16.5. The molecule has 0 saturated carbocycles. The number of unbranched alkanes of at least 4 members (excludes halogenated alkanes) is 1. The van der Waals surface area contributed by atoms with Gasteiger partial charge in [0.05, 0.1) is 13.2 Å². The molecule has 0 radical (unpaired) electrons. The van der Waals surface area contributed by atoms with E-state index in [0.717, 1.165) is 31.6 Å². The summed E-state index contributed by atoms with van der Waals surface area (Å²) in [5.74, 6) is 0.607. The maximum absolute atomic E-state index is 5.88. The predicted octanol–water partition coefficient (Wildman–Crippen LogP) is 1.84. The Kier molecular flexibility index (Phi) is 7.84. The molecule has 1 aromatic rings. The summed E-state index contributed by atoms with van der Waals surface area (Å²) in [4.78, 5) is 4.34. The van der Waals surface area contributed by atoms with Crippen LogP contribution in [-0.4, -0.2) is 39.3 Å². The number of aliphatic imine (C=N–C) groups is 1. The number of amidine groups is 1. The van der Waals surface area contributed by atoms with Crippen LogP contribution in [0.1, 0.15) is 18.4 Å². The number of nitrogens with zero attached hydrogens (tertiary/aromatic N) is 1. The summed E-state index contributed by atoms with van der Waals surface area (Å²) >= 11 is 0. The molecule has 0 aliphatic heterocycles. The molecule has 18 heavy (non-hydrogen) atoms. The second-order valence-electron chi connectivity index (χ2n) is 3.95. The number of hydrogen-bond acceptors (Lipinski definition) is 3. The molecule has 0 fully saturated rings. The molecule has 100 valence electrons. The lowest BCUT2D eigenvalue weighted by Gasteiger charge is -2.03. The van der Waals surface area contributed by atoms with Gasteiger partial charge in [0.1, 0.15) is 5.84 Å². The van der Waals surface area contributed by atoms with Crippen LogP contribution in [0.5, 0.6) is 0 Å². The van der Waals surface area contributed by atoms with Crippen molar-refractivity contribution in [3.8, 4) is 0 Å². The largest absolute Gasteiger partial charge is 0.384 e. The lowest BCUT2D eigenvalue weighted by molar-refractivity contribution is 0.0690. The zero-order valence-electron chi connectivity index (χ0n) is 11.0. The number of benzene rings is 1. The van der Waals surface area contributed by atoms with Crippen molar-refractivity contribution in [1.82, 2.24) is 0 Å². The Morgan fingerprint density at radius 3 is 2.61 bits per heavy atom. The van der Waals surface area contributed by atoms with E-state index in [1.807, 2.05) is 30.3 Å². The van der Waals surface area contributed by atoms with Crippen LogP contribution in [0.15, 0.2) is 35.3 Å². The van der Waals surface area contributed by atoms with Crippen molar-refractivity contribution in [1.29, 1.82) is 0 Å². The average molecular weight is 250 g/mol. The van der Waals surface area contributed by atoms with Gasteiger partial charge in [-0.25, -0.2) is 0 Å². The fourth-order valence-electron chi connectivity index (χ4n) is 1.46. The Morgan fingerprint density at radius 1 is 1.11 bits per heavy atom. The molecule has 4 nitrogen and oxygen atoms in total. The highest BCUT2D eigenvalue weighted by Crippen LogP contribution is 1.99. The first-order valence-electron chi connectivity index (χ1n) is 6.26. The van der Waals surface area contributed by atoms with Gasteiger partial charge in [0, 0.05) is 25.8 Å². The lowest BCUT2D eigenvalue weighted by atomic mass is 10.2. The number of rotatable bonds is 9. The Labute approximate surface area is 109 Å². The summed E-state index contributed by atoms with van der Waals surface area (Å²) in [5.41, 5.74) is 6.86. The van der Waals surface area contributed by atoms with Gasteiger partial charge in [-0.2, -0.15) is 0 Å². The number of hydrogen-bond donors (Lipinski definition) is 1. The molecule has 0 atom stereocenters. The monoisotopic (exact) mass is 250 g/mol. The third-order valence-corrected chi connectivity index (χ3v) is 2.48. The van der Waals surface area contributed by atoms with Crippen LogP contribution >= 0.6 is 0 Å². The van der Waals surface area contributed by atoms with Gasteiger partial charge < -0.3 is 15.2 Å². The molecular weight excluding hydrogens is 228 g/mol. The van der Waals surface area contributed by atoms with E-state index in [4.69, 9.17) is 15.2 Å². The van der Waals surface area contributed by atoms with Gasteiger partial charge in [-0.05, 0) is 12.8 Å². The van der Waals surface area contributed by atoms with Gasteiger partial charge in [-0.15, -0.1) is 0 Å². The second kappa shape index (κ2) is 9.62. The molecule has 4 heteroatoms. The van der Waals surface area contributed by atoms with Crippen LogP contribution in [0.3, 0.4) is 0 Å². The predicted molar refractivity (Wildman–Crippen MR) is 74.0 cm³/mol. The van der Waals surface area contributed by atoms with Crippen LogP contribution in [-0.2, 0) is 9.47 Å². The van der Waals surface area contributed by atoms with E-state index in [1.54, 1.807) is 7.11 Å². The van der Waals surface area contributed by atoms with Crippen LogP contribution in [0, 0.1) is 0 Å². The smallest absolute Gasteiger partial charge is 0.125 e. The van der Waals surface area contributed by atoms with Gasteiger partial charge in [-0.1, -0.05) is 30.3 Å². The quantitative estimate of drug-likeness (QED) is 0.413. The van der Waals surface area contributed by atoms with E-state index in [1.165, 1.54) is 0 Å². The van der Waals surface area contributed by atoms with E-state index in [0.29, 0.717) is 19.0 Å². The minimum absolute atomic E-state index is 0.607. The van der Waals surface area contributed by atoms with Crippen LogP contribution in [0.25, 0.3) is 0 Å². The van der Waals surface area contributed by atoms with Crippen LogP contribution < -0.4 is 5.73 Å². The van der Waals surface area contributed by atoms with Crippen molar-refractivity contribution in [2.75, 3.05) is 33.5 Å². The standard InChI is InChI=1S/C14H22N2O2/c1-17-11-12-18-10-6-5-9-16-14(15)13-7-3-2-4-8-13/h2-4,7-8H,5-6,9-12H2,1H3,(H2,15,16). The van der Waals surface area contributed by atoms with E-state index >= 15 is 0 Å². The van der Waals surface area contributed by atoms with Crippen molar-refractivity contribution in [3.63, 3.8) is 0 Å². The first-order chi connectivity index (χ1) is 8.84. The van der Waals surface area contributed by atoms with E-state index in [2.05, 4.69) is 4.99 Å². The summed E-state index contributed by atoms with van der Waals surface area (Å²) in [6.07, 6.45) is 1.98. The summed E-state index contributed by atoms with van der Waals surface area (Å²) in [7, 11) is 1.67. The average Bonchev–Trinajstić information content (AvgIpc) is 2.42. The number of nitrogens with two attached hydrogens (primary N) is 1. The molecule has 0 bridgehead atoms. The minimum atomic E-state index is 0.607. The van der Waals surface area contributed by atoms with E-state index in [9.17, 15) is 0 Å². The Balaban J connectivity index is 2.10. The van der Waals surface area contributed by atoms with Crippen molar-refractivity contribution >= 4 is 5.84 Å². The highest BCUT2D eigenvalue weighted by Gasteiger charge is 1.95. The molecule has 1 rings (SSSR count). The molecule has 1 aromatic carbocycles. The van der Waals surface area contributed by atoms with Crippen molar-refractivity contribution in [3.05, 3.63) is 35.9 Å². The molecule has 0 aliphatic rings. The lowest BCUT2D eigenvalue weighted by Crippen LogP contribution is -2.13. The minimum Gasteiger partial charge on any atom is -0.384 e. The molecule has 0 heterocycles. The first-order valence-corrected chi connectivity index (χ1v) is 6.26. The van der Waals surface area contributed by atoms with Gasteiger partial charge in [0.15, 0.2) is 0 Å². The third-order valence-electron chi connectivity index (χ3n) is 2.48. The molecule has 2 N–H and O–H groups in total. The summed E-state index contributed by atoms with van der Waals surface area (Å²) in [6.45, 7) is 2.81. The Bertz CT molecular complexity index is 339. The highest BCUT2D eigenvalue weighted by molar-refractivity contribution is 5.97.